The van der Waals surface area contributed by atoms with Gasteiger partial charge in [-0.2, -0.15) is 0 Å². The molecule has 0 unspecified atom stereocenters. The van der Waals surface area contributed by atoms with Crippen molar-refractivity contribution in [2.24, 2.45) is 0 Å². The minimum atomic E-state index is -4.22. The van der Waals surface area contributed by atoms with Gasteiger partial charge in [-0.15, -0.1) is 0 Å². The van der Waals surface area contributed by atoms with E-state index in [0.717, 1.165) is 15.4 Å². The Labute approximate surface area is 234 Å². The molecule has 1 N–H and O–H groups in total. The van der Waals surface area contributed by atoms with Gasteiger partial charge >= 0.3 is 0 Å². The van der Waals surface area contributed by atoms with E-state index in [-0.39, 0.29) is 22.7 Å². The summed E-state index contributed by atoms with van der Waals surface area (Å²) in [5.41, 5.74) is 2.29. The molecule has 3 aromatic carbocycles. The van der Waals surface area contributed by atoms with Gasteiger partial charge < -0.3 is 10.2 Å². The van der Waals surface area contributed by atoms with Crippen LogP contribution in [0.15, 0.2) is 71.6 Å². The number of anilines is 1. The molecule has 0 heterocycles. The van der Waals surface area contributed by atoms with E-state index >= 15 is 0 Å². The summed E-state index contributed by atoms with van der Waals surface area (Å²) in [6.45, 7) is 6.77. The zero-order chi connectivity index (χ0) is 28.7. The van der Waals surface area contributed by atoms with Crippen LogP contribution in [-0.4, -0.2) is 44.3 Å². The molecule has 0 aromatic heterocycles. The highest BCUT2D eigenvalue weighted by molar-refractivity contribution is 7.92. The summed E-state index contributed by atoms with van der Waals surface area (Å²) in [6.07, 6.45) is 0.694. The smallest absolute Gasteiger partial charge is 0.264 e. The lowest BCUT2D eigenvalue weighted by atomic mass is 10.1. The highest BCUT2D eigenvalue weighted by atomic mass is 35.5. The number of benzene rings is 3. The zero-order valence-electron chi connectivity index (χ0n) is 22.4. The predicted octanol–water partition coefficient (Wildman–Crippen LogP) is 5.23. The van der Waals surface area contributed by atoms with Crippen molar-refractivity contribution in [1.29, 1.82) is 0 Å². The van der Waals surface area contributed by atoms with Crippen LogP contribution in [0.25, 0.3) is 0 Å². The van der Waals surface area contributed by atoms with Gasteiger partial charge in [0.15, 0.2) is 0 Å². The number of halogens is 2. The number of hydrogen-bond donors (Lipinski definition) is 1. The number of aryl methyl sites for hydroxylation is 2. The molecule has 0 bridgehead atoms. The fourth-order valence-corrected chi connectivity index (χ4v) is 5.46. The van der Waals surface area contributed by atoms with Crippen LogP contribution in [0, 0.1) is 19.7 Å². The third-order valence-corrected chi connectivity index (χ3v) is 8.51. The minimum absolute atomic E-state index is 0.0488. The van der Waals surface area contributed by atoms with E-state index in [4.69, 9.17) is 11.6 Å². The van der Waals surface area contributed by atoms with Gasteiger partial charge in [0, 0.05) is 23.7 Å². The maximum Gasteiger partial charge on any atom is 0.264 e. The molecule has 7 nitrogen and oxygen atoms in total. The topological polar surface area (TPSA) is 86.8 Å². The van der Waals surface area contributed by atoms with Crippen molar-refractivity contribution < 1.29 is 22.4 Å². The fraction of sp³-hybridized carbons (Fsp3) is 0.310. The first-order chi connectivity index (χ1) is 18.4. The molecule has 10 heteroatoms. The molecule has 0 radical (unpaired) electrons. The SMILES string of the molecule is CCCNC(=O)[C@@H](C)N(Cc1ccccc1F)C(=O)CN(c1ccc(C)c(C)c1)S(=O)(=O)c1ccc(Cl)cc1. The molecule has 208 valence electrons. The van der Waals surface area contributed by atoms with Crippen molar-refractivity contribution in [1.82, 2.24) is 10.2 Å². The zero-order valence-corrected chi connectivity index (χ0v) is 24.0. The Hall–Kier alpha value is -3.43. The summed E-state index contributed by atoms with van der Waals surface area (Å²) in [7, 11) is -4.22. The quantitative estimate of drug-likeness (QED) is 0.340. The Morgan fingerprint density at radius 3 is 2.28 bits per heavy atom. The number of nitrogens with zero attached hydrogens (tertiary/aromatic N) is 2. The maximum absolute atomic E-state index is 14.6. The summed E-state index contributed by atoms with van der Waals surface area (Å²) in [4.78, 5) is 27.9. The third-order valence-electron chi connectivity index (χ3n) is 6.47. The van der Waals surface area contributed by atoms with Crippen molar-refractivity contribution >= 4 is 39.1 Å². The average molecular weight is 574 g/mol. The number of carbonyl (C=O) groups is 2. The molecule has 0 saturated carbocycles. The minimum Gasteiger partial charge on any atom is -0.354 e. The Morgan fingerprint density at radius 2 is 1.67 bits per heavy atom. The second-order valence-corrected chi connectivity index (χ2v) is 11.6. The van der Waals surface area contributed by atoms with Gasteiger partial charge in [0.25, 0.3) is 10.0 Å². The summed E-state index contributed by atoms with van der Waals surface area (Å²) in [5.74, 6) is -1.61. The van der Waals surface area contributed by atoms with Crippen LogP contribution in [0.1, 0.15) is 37.0 Å². The van der Waals surface area contributed by atoms with Crippen LogP contribution in [0.2, 0.25) is 5.02 Å². The van der Waals surface area contributed by atoms with Gasteiger partial charge in [-0.3, -0.25) is 13.9 Å². The monoisotopic (exact) mass is 573 g/mol. The molecule has 0 saturated heterocycles. The van der Waals surface area contributed by atoms with E-state index in [1.54, 1.807) is 24.3 Å². The van der Waals surface area contributed by atoms with Crippen molar-refractivity contribution in [2.75, 3.05) is 17.4 Å². The molecule has 0 fully saturated rings. The lowest BCUT2D eigenvalue weighted by Gasteiger charge is -2.32. The van der Waals surface area contributed by atoms with Gasteiger partial charge in [0.1, 0.15) is 18.4 Å². The Bertz CT molecular complexity index is 1430. The molecule has 0 aliphatic rings. The Morgan fingerprint density at radius 1 is 1.00 bits per heavy atom. The first-order valence-electron chi connectivity index (χ1n) is 12.6. The molecule has 0 spiro atoms. The number of carbonyl (C=O) groups excluding carboxylic acids is 2. The van der Waals surface area contributed by atoms with Crippen LogP contribution < -0.4 is 9.62 Å². The van der Waals surface area contributed by atoms with Crippen LogP contribution in [0.5, 0.6) is 0 Å². The standard InChI is InChI=1S/C29H33ClFN3O4S/c1-5-16-32-29(36)22(4)33(18-23-8-6-7-9-27(23)31)28(35)19-34(25-13-10-20(2)21(3)17-25)39(37,38)26-14-11-24(30)12-15-26/h6-15,17,22H,5,16,18-19H2,1-4H3,(H,32,36)/t22-/m1/s1. The first-order valence-corrected chi connectivity index (χ1v) is 14.4. The van der Waals surface area contributed by atoms with Gasteiger partial charge in [0.2, 0.25) is 11.8 Å². The second-order valence-electron chi connectivity index (χ2n) is 9.31. The summed E-state index contributed by atoms with van der Waals surface area (Å²) < 4.78 is 43.2. The van der Waals surface area contributed by atoms with Crippen LogP contribution in [0.3, 0.4) is 0 Å². The second kappa shape index (κ2) is 13.1. The van der Waals surface area contributed by atoms with E-state index < -0.39 is 40.2 Å². The summed E-state index contributed by atoms with van der Waals surface area (Å²) in [6, 6.07) is 15.7. The Balaban J connectivity index is 2.05. The fourth-order valence-electron chi connectivity index (χ4n) is 3.93. The van der Waals surface area contributed by atoms with Crippen LogP contribution >= 0.6 is 11.6 Å². The van der Waals surface area contributed by atoms with Crippen molar-refractivity contribution in [3.63, 3.8) is 0 Å². The largest absolute Gasteiger partial charge is 0.354 e. The molecule has 0 aliphatic heterocycles. The molecule has 1 atom stereocenters. The molecule has 39 heavy (non-hydrogen) atoms. The summed E-state index contributed by atoms with van der Waals surface area (Å²) in [5, 5.41) is 3.12. The predicted molar refractivity (Wildman–Crippen MR) is 152 cm³/mol. The highest BCUT2D eigenvalue weighted by Crippen LogP contribution is 2.27. The molecular formula is C29H33ClFN3O4S. The van der Waals surface area contributed by atoms with Gasteiger partial charge in [-0.25, -0.2) is 12.8 Å². The van der Waals surface area contributed by atoms with E-state index in [9.17, 15) is 22.4 Å². The molecular weight excluding hydrogens is 541 g/mol. The third kappa shape index (κ3) is 7.36. The normalized spacial score (nSPS) is 12.1. The van der Waals surface area contributed by atoms with E-state index in [1.807, 2.05) is 20.8 Å². The van der Waals surface area contributed by atoms with E-state index in [2.05, 4.69) is 5.32 Å². The van der Waals surface area contributed by atoms with Crippen molar-refractivity contribution in [3.05, 3.63) is 94.3 Å². The molecule has 2 amide bonds. The van der Waals surface area contributed by atoms with E-state index in [0.29, 0.717) is 18.0 Å². The van der Waals surface area contributed by atoms with Crippen molar-refractivity contribution in [3.8, 4) is 0 Å². The number of hydrogen-bond acceptors (Lipinski definition) is 4. The molecule has 3 rings (SSSR count). The summed E-state index contributed by atoms with van der Waals surface area (Å²) >= 11 is 5.98. The lowest BCUT2D eigenvalue weighted by Crippen LogP contribution is -2.51. The number of sulfonamides is 1. The maximum atomic E-state index is 14.6. The van der Waals surface area contributed by atoms with Crippen LogP contribution in [0.4, 0.5) is 10.1 Å². The van der Waals surface area contributed by atoms with Gasteiger partial charge in [0.05, 0.1) is 10.6 Å². The van der Waals surface area contributed by atoms with Gasteiger partial charge in [-0.05, 0) is 80.8 Å². The molecule has 3 aromatic rings. The first kappa shape index (κ1) is 30.1. The van der Waals surface area contributed by atoms with E-state index in [1.165, 1.54) is 54.3 Å². The highest BCUT2D eigenvalue weighted by Gasteiger charge is 2.33. The molecule has 0 aliphatic carbocycles. The number of rotatable bonds is 11. The number of nitrogens with one attached hydrogen (secondary N) is 1. The number of amides is 2. The Kier molecular flexibility index (Phi) is 10.1. The van der Waals surface area contributed by atoms with Gasteiger partial charge in [-0.1, -0.05) is 42.8 Å². The lowest BCUT2D eigenvalue weighted by molar-refractivity contribution is -0.139. The van der Waals surface area contributed by atoms with Crippen molar-refractivity contribution in [2.45, 2.75) is 51.6 Å². The average Bonchev–Trinajstić information content (AvgIpc) is 2.91. The van der Waals surface area contributed by atoms with Crippen LogP contribution in [-0.2, 0) is 26.2 Å².